The highest BCUT2D eigenvalue weighted by atomic mass is 19.1. The van der Waals surface area contributed by atoms with Crippen LogP contribution in [-0.2, 0) is 0 Å². The van der Waals surface area contributed by atoms with Crippen molar-refractivity contribution in [1.82, 2.24) is 19.6 Å². The van der Waals surface area contributed by atoms with Crippen LogP contribution in [0.3, 0.4) is 0 Å². The van der Waals surface area contributed by atoms with E-state index in [9.17, 15) is 14.0 Å². The quantitative estimate of drug-likeness (QED) is 0.614. The van der Waals surface area contributed by atoms with E-state index in [4.69, 9.17) is 0 Å². The largest absolute Gasteiger partial charge is 0.349 e. The van der Waals surface area contributed by atoms with Gasteiger partial charge in [0.05, 0.1) is 5.52 Å². The van der Waals surface area contributed by atoms with E-state index < -0.39 is 11.7 Å². The molecule has 0 aliphatic carbocycles. The third-order valence-electron chi connectivity index (χ3n) is 4.14. The number of carbonyl (C=O) groups excluding carboxylic acids is 2. The molecule has 0 fully saturated rings. The predicted molar refractivity (Wildman–Crippen MR) is 105 cm³/mol. The number of carbonyl (C=O) groups is 2. The van der Waals surface area contributed by atoms with E-state index in [2.05, 4.69) is 15.6 Å². The molecule has 28 heavy (non-hydrogen) atoms. The van der Waals surface area contributed by atoms with Crippen molar-refractivity contribution >= 4 is 23.0 Å². The van der Waals surface area contributed by atoms with Crippen LogP contribution in [-0.4, -0.2) is 53.3 Å². The van der Waals surface area contributed by atoms with Crippen molar-refractivity contribution in [2.24, 2.45) is 0 Å². The molecular formula is C20H22FN5O2. The molecule has 0 saturated heterocycles. The van der Waals surface area contributed by atoms with Gasteiger partial charge in [-0.05, 0) is 63.5 Å². The molecule has 146 valence electrons. The van der Waals surface area contributed by atoms with Crippen molar-refractivity contribution in [2.75, 3.05) is 32.5 Å². The number of anilines is 1. The molecule has 0 spiro atoms. The number of fused-ring (bicyclic) bond motifs is 1. The molecular weight excluding hydrogens is 361 g/mol. The molecule has 3 rings (SSSR count). The fourth-order valence-corrected chi connectivity index (χ4v) is 2.76. The summed E-state index contributed by atoms with van der Waals surface area (Å²) in [5.74, 6) is -1.06. The van der Waals surface area contributed by atoms with Crippen molar-refractivity contribution in [3.05, 3.63) is 66.0 Å². The highest BCUT2D eigenvalue weighted by Crippen LogP contribution is 2.16. The number of hydrogen-bond acceptors (Lipinski definition) is 4. The second-order valence-corrected chi connectivity index (χ2v) is 6.61. The Labute approximate surface area is 162 Å². The van der Waals surface area contributed by atoms with Crippen LogP contribution in [0, 0.1) is 5.82 Å². The van der Waals surface area contributed by atoms with Crippen LogP contribution in [0.5, 0.6) is 0 Å². The molecule has 0 saturated carbocycles. The average Bonchev–Trinajstić information content (AvgIpc) is 3.07. The topological polar surface area (TPSA) is 78.7 Å². The molecule has 3 aromatic rings. The van der Waals surface area contributed by atoms with Gasteiger partial charge < -0.3 is 15.5 Å². The van der Waals surface area contributed by atoms with Gasteiger partial charge in [-0.25, -0.2) is 9.37 Å². The number of rotatable bonds is 7. The summed E-state index contributed by atoms with van der Waals surface area (Å²) in [6.07, 6.45) is 2.49. The molecule has 2 N–H and O–H groups in total. The summed E-state index contributed by atoms with van der Waals surface area (Å²) in [5.41, 5.74) is 1.09. The predicted octanol–water partition coefficient (Wildman–Crippen LogP) is 2.41. The first kappa shape index (κ1) is 19.5. The van der Waals surface area contributed by atoms with Crippen molar-refractivity contribution in [3.63, 3.8) is 0 Å². The lowest BCUT2D eigenvalue weighted by Gasteiger charge is -2.09. The fraction of sp³-hybridized carbons (Fsp3) is 0.250. The molecule has 0 atom stereocenters. The number of aromatic nitrogens is 2. The van der Waals surface area contributed by atoms with Gasteiger partial charge in [-0.15, -0.1) is 0 Å². The minimum absolute atomic E-state index is 0.128. The maximum absolute atomic E-state index is 13.0. The minimum Gasteiger partial charge on any atom is -0.349 e. The molecule has 0 unspecified atom stereocenters. The lowest BCUT2D eigenvalue weighted by atomic mass is 10.2. The summed E-state index contributed by atoms with van der Waals surface area (Å²) in [6, 6.07) is 10.7. The van der Waals surface area contributed by atoms with Crippen LogP contribution in [0.25, 0.3) is 5.52 Å². The number of nitrogens with one attached hydrogen (secondary N) is 2. The molecule has 2 heterocycles. The Balaban J connectivity index is 1.80. The maximum atomic E-state index is 13.0. The molecule has 0 aliphatic heterocycles. The molecule has 2 amide bonds. The summed E-state index contributed by atoms with van der Waals surface area (Å²) in [5, 5.41) is 5.51. The first-order chi connectivity index (χ1) is 13.5. The van der Waals surface area contributed by atoms with Gasteiger partial charge >= 0.3 is 0 Å². The third-order valence-corrected chi connectivity index (χ3v) is 4.14. The average molecular weight is 383 g/mol. The Morgan fingerprint density at radius 2 is 1.86 bits per heavy atom. The lowest BCUT2D eigenvalue weighted by molar-refractivity contribution is 0.0941. The van der Waals surface area contributed by atoms with Crippen LogP contribution < -0.4 is 10.6 Å². The highest BCUT2D eigenvalue weighted by Gasteiger charge is 2.21. The van der Waals surface area contributed by atoms with E-state index in [0.717, 1.165) is 13.0 Å². The molecule has 2 aromatic heterocycles. The van der Waals surface area contributed by atoms with E-state index >= 15 is 0 Å². The monoisotopic (exact) mass is 383 g/mol. The van der Waals surface area contributed by atoms with Crippen LogP contribution in [0.1, 0.15) is 27.5 Å². The number of halogens is 1. The van der Waals surface area contributed by atoms with Crippen LogP contribution >= 0.6 is 0 Å². The summed E-state index contributed by atoms with van der Waals surface area (Å²) in [4.78, 5) is 31.5. The van der Waals surface area contributed by atoms with Crippen molar-refractivity contribution in [2.45, 2.75) is 6.42 Å². The highest BCUT2D eigenvalue weighted by molar-refractivity contribution is 6.08. The Morgan fingerprint density at radius 3 is 2.57 bits per heavy atom. The van der Waals surface area contributed by atoms with Crippen molar-refractivity contribution < 1.29 is 14.0 Å². The second kappa shape index (κ2) is 8.62. The van der Waals surface area contributed by atoms with Gasteiger partial charge in [0, 0.05) is 18.4 Å². The van der Waals surface area contributed by atoms with Crippen LogP contribution in [0.15, 0.2) is 48.7 Å². The maximum Gasteiger partial charge on any atom is 0.287 e. The number of benzene rings is 1. The number of hydrogen-bond donors (Lipinski definition) is 2. The van der Waals surface area contributed by atoms with Gasteiger partial charge in [0.25, 0.3) is 11.8 Å². The van der Waals surface area contributed by atoms with Crippen molar-refractivity contribution in [3.8, 4) is 0 Å². The lowest BCUT2D eigenvalue weighted by Crippen LogP contribution is -2.28. The fourth-order valence-electron chi connectivity index (χ4n) is 2.76. The van der Waals surface area contributed by atoms with E-state index in [0.29, 0.717) is 17.7 Å². The standard InChI is InChI=1S/C20H22FN5O2/c1-25(2)12-5-11-22-20(28)18-24-17(16-6-3-4-13-26(16)18)19(27)23-15-9-7-14(21)8-10-15/h3-4,6-10,13H,5,11-12H2,1-2H3,(H,22,28)(H,23,27). The number of pyridine rings is 1. The number of amides is 2. The SMILES string of the molecule is CN(C)CCCNC(=O)c1nc(C(=O)Nc2ccc(F)cc2)c2ccccn12. The second-order valence-electron chi connectivity index (χ2n) is 6.61. The number of imidazole rings is 1. The smallest absolute Gasteiger partial charge is 0.287 e. The Bertz CT molecular complexity index is 982. The van der Waals surface area contributed by atoms with E-state index in [1.165, 1.54) is 24.3 Å². The normalized spacial score (nSPS) is 11.0. The molecule has 1 aromatic carbocycles. The van der Waals surface area contributed by atoms with E-state index in [1.807, 2.05) is 19.0 Å². The molecule has 7 nitrogen and oxygen atoms in total. The first-order valence-electron chi connectivity index (χ1n) is 8.92. The van der Waals surface area contributed by atoms with Gasteiger partial charge in [-0.3, -0.25) is 14.0 Å². The van der Waals surface area contributed by atoms with Crippen LogP contribution in [0.4, 0.5) is 10.1 Å². The zero-order chi connectivity index (χ0) is 20.1. The summed E-state index contributed by atoms with van der Waals surface area (Å²) < 4.78 is 14.6. The molecule has 0 bridgehead atoms. The Kier molecular flexibility index (Phi) is 6.00. The van der Waals surface area contributed by atoms with Gasteiger partial charge in [0.1, 0.15) is 5.82 Å². The molecule has 0 aliphatic rings. The zero-order valence-electron chi connectivity index (χ0n) is 15.8. The number of nitrogens with zero attached hydrogens (tertiary/aromatic N) is 3. The van der Waals surface area contributed by atoms with E-state index in [1.54, 1.807) is 28.8 Å². The van der Waals surface area contributed by atoms with Gasteiger partial charge in [0.15, 0.2) is 5.69 Å². The Morgan fingerprint density at radius 1 is 1.11 bits per heavy atom. The minimum atomic E-state index is -0.470. The molecule has 8 heteroatoms. The third kappa shape index (κ3) is 4.52. The summed E-state index contributed by atoms with van der Waals surface area (Å²) >= 11 is 0. The van der Waals surface area contributed by atoms with Gasteiger partial charge in [0.2, 0.25) is 5.82 Å². The van der Waals surface area contributed by atoms with E-state index in [-0.39, 0.29) is 17.4 Å². The molecule has 0 radical (unpaired) electrons. The Hall–Kier alpha value is -3.26. The first-order valence-corrected chi connectivity index (χ1v) is 8.92. The van der Waals surface area contributed by atoms with Gasteiger partial charge in [-0.2, -0.15) is 0 Å². The zero-order valence-corrected chi connectivity index (χ0v) is 15.8. The van der Waals surface area contributed by atoms with Crippen LogP contribution in [0.2, 0.25) is 0 Å². The summed E-state index contributed by atoms with van der Waals surface area (Å²) in [6.45, 7) is 1.36. The van der Waals surface area contributed by atoms with Gasteiger partial charge in [-0.1, -0.05) is 6.07 Å². The summed E-state index contributed by atoms with van der Waals surface area (Å²) in [7, 11) is 3.94. The van der Waals surface area contributed by atoms with Crippen molar-refractivity contribution in [1.29, 1.82) is 0 Å².